The number of aromatic amines is 1. The number of carbonyl (C=O) groups excluding carboxylic acids is 1. The van der Waals surface area contributed by atoms with Crippen LogP contribution in [0.3, 0.4) is 0 Å². The molecule has 5 aromatic rings. The zero-order chi connectivity index (χ0) is 25.2. The molecule has 0 amide bonds. The van der Waals surface area contributed by atoms with E-state index >= 15 is 0 Å². The molecule has 0 bridgehead atoms. The van der Waals surface area contributed by atoms with E-state index in [9.17, 15) is 9.59 Å². The SMILES string of the molecule is COc1ccc(Cn2c(SCC(=O)c3c(C)[nH]c4ccccc34)nc3ccccc3c2=O)cc1OC. The largest absolute Gasteiger partial charge is 0.493 e. The van der Waals surface area contributed by atoms with Gasteiger partial charge in [0.05, 0.1) is 37.4 Å². The van der Waals surface area contributed by atoms with Crippen LogP contribution >= 0.6 is 11.8 Å². The number of thioether (sulfide) groups is 1. The number of methoxy groups -OCH3 is 2. The summed E-state index contributed by atoms with van der Waals surface area (Å²) in [5, 5.41) is 1.91. The van der Waals surface area contributed by atoms with Crippen molar-refractivity contribution in [2.75, 3.05) is 20.0 Å². The Hall–Kier alpha value is -4.04. The first kappa shape index (κ1) is 23.7. The Kier molecular flexibility index (Phi) is 6.52. The average Bonchev–Trinajstić information content (AvgIpc) is 3.24. The number of fused-ring (bicyclic) bond motifs is 2. The topological polar surface area (TPSA) is 86.2 Å². The lowest BCUT2D eigenvalue weighted by Crippen LogP contribution is -2.24. The number of nitrogens with one attached hydrogen (secondary N) is 1. The van der Waals surface area contributed by atoms with Gasteiger partial charge >= 0.3 is 0 Å². The monoisotopic (exact) mass is 499 g/mol. The maximum atomic E-state index is 13.5. The summed E-state index contributed by atoms with van der Waals surface area (Å²) in [5.74, 6) is 1.32. The van der Waals surface area contributed by atoms with Crippen molar-refractivity contribution in [1.29, 1.82) is 0 Å². The van der Waals surface area contributed by atoms with Gasteiger partial charge in [-0.05, 0) is 42.8 Å². The summed E-state index contributed by atoms with van der Waals surface area (Å²) in [6.07, 6.45) is 0. The van der Waals surface area contributed by atoms with E-state index in [2.05, 4.69) is 4.98 Å². The predicted octanol–water partition coefficient (Wildman–Crippen LogP) is 5.23. The minimum atomic E-state index is -0.159. The number of nitrogens with zero attached hydrogens (tertiary/aromatic N) is 2. The Bertz CT molecular complexity index is 1650. The molecule has 0 radical (unpaired) electrons. The highest BCUT2D eigenvalue weighted by molar-refractivity contribution is 7.99. The smallest absolute Gasteiger partial charge is 0.262 e. The van der Waals surface area contributed by atoms with Crippen LogP contribution in [0.1, 0.15) is 21.6 Å². The summed E-state index contributed by atoms with van der Waals surface area (Å²) in [5.41, 5.74) is 3.73. The third kappa shape index (κ3) is 4.35. The van der Waals surface area contributed by atoms with Gasteiger partial charge in [-0.3, -0.25) is 14.2 Å². The fraction of sp³-hybridized carbons (Fsp3) is 0.179. The maximum absolute atomic E-state index is 13.5. The molecule has 2 aromatic heterocycles. The fourth-order valence-electron chi connectivity index (χ4n) is 4.40. The van der Waals surface area contributed by atoms with Crippen LogP contribution in [-0.2, 0) is 6.54 Å². The summed E-state index contributed by atoms with van der Waals surface area (Å²) < 4.78 is 12.4. The van der Waals surface area contributed by atoms with Gasteiger partial charge in [0.1, 0.15) is 0 Å². The van der Waals surface area contributed by atoms with Crippen LogP contribution in [0, 0.1) is 6.92 Å². The highest BCUT2D eigenvalue weighted by atomic mass is 32.2. The van der Waals surface area contributed by atoms with Crippen LogP contribution in [-0.4, -0.2) is 40.3 Å². The number of aryl methyl sites for hydroxylation is 1. The summed E-state index contributed by atoms with van der Waals surface area (Å²) in [7, 11) is 3.15. The van der Waals surface area contributed by atoms with Crippen LogP contribution in [0.25, 0.3) is 21.8 Å². The molecule has 36 heavy (non-hydrogen) atoms. The molecule has 1 N–H and O–H groups in total. The second-order valence-electron chi connectivity index (χ2n) is 8.37. The van der Waals surface area contributed by atoms with Gasteiger partial charge in [0, 0.05) is 22.2 Å². The zero-order valence-electron chi connectivity index (χ0n) is 20.2. The molecule has 2 heterocycles. The highest BCUT2D eigenvalue weighted by Gasteiger charge is 2.19. The predicted molar refractivity (Wildman–Crippen MR) is 143 cm³/mol. The first-order valence-corrected chi connectivity index (χ1v) is 12.4. The Labute approximate surface area is 212 Å². The molecule has 0 aliphatic rings. The van der Waals surface area contributed by atoms with E-state index in [-0.39, 0.29) is 23.6 Å². The van der Waals surface area contributed by atoms with Crippen LogP contribution in [0.4, 0.5) is 0 Å². The first-order chi connectivity index (χ1) is 17.5. The van der Waals surface area contributed by atoms with Gasteiger partial charge in [0.25, 0.3) is 5.56 Å². The number of ketones is 1. The van der Waals surface area contributed by atoms with Gasteiger partial charge in [-0.15, -0.1) is 0 Å². The molecular formula is C28H25N3O4S. The van der Waals surface area contributed by atoms with Crippen molar-refractivity contribution in [2.24, 2.45) is 0 Å². The quantitative estimate of drug-likeness (QED) is 0.179. The summed E-state index contributed by atoms with van der Waals surface area (Å²) >= 11 is 1.27. The summed E-state index contributed by atoms with van der Waals surface area (Å²) in [4.78, 5) is 34.8. The fourth-order valence-corrected chi connectivity index (χ4v) is 5.27. The van der Waals surface area contributed by atoms with Gasteiger partial charge in [-0.2, -0.15) is 0 Å². The van der Waals surface area contributed by atoms with Gasteiger partial charge in [0.15, 0.2) is 22.4 Å². The number of Topliss-reactive ketones (excluding diaryl/α,β-unsaturated/α-hetero) is 1. The highest BCUT2D eigenvalue weighted by Crippen LogP contribution is 2.29. The van der Waals surface area contributed by atoms with Gasteiger partial charge < -0.3 is 14.5 Å². The van der Waals surface area contributed by atoms with Gasteiger partial charge in [0.2, 0.25) is 0 Å². The molecule has 7 nitrogen and oxygen atoms in total. The van der Waals surface area contributed by atoms with E-state index in [0.717, 1.165) is 22.2 Å². The Morgan fingerprint density at radius 1 is 0.972 bits per heavy atom. The Morgan fingerprint density at radius 2 is 1.69 bits per heavy atom. The van der Waals surface area contributed by atoms with Crippen molar-refractivity contribution in [3.8, 4) is 11.5 Å². The van der Waals surface area contributed by atoms with Crippen LogP contribution in [0.5, 0.6) is 11.5 Å². The van der Waals surface area contributed by atoms with E-state index in [1.165, 1.54) is 11.8 Å². The van der Waals surface area contributed by atoms with E-state index < -0.39 is 0 Å². The van der Waals surface area contributed by atoms with Crippen molar-refractivity contribution in [3.63, 3.8) is 0 Å². The van der Waals surface area contributed by atoms with E-state index in [1.54, 1.807) is 24.9 Å². The van der Waals surface area contributed by atoms with E-state index in [4.69, 9.17) is 14.5 Å². The molecule has 3 aromatic carbocycles. The van der Waals surface area contributed by atoms with Crippen molar-refractivity contribution >= 4 is 39.4 Å². The molecule has 0 fully saturated rings. The lowest BCUT2D eigenvalue weighted by atomic mass is 10.1. The number of carbonyl (C=O) groups is 1. The number of benzene rings is 3. The molecule has 0 saturated heterocycles. The van der Waals surface area contributed by atoms with Crippen molar-refractivity contribution in [2.45, 2.75) is 18.6 Å². The standard InChI is InChI=1S/C28H25N3O4S/c1-17-26(19-8-4-6-10-21(19)29-17)23(32)16-36-28-30-22-11-7-5-9-20(22)27(33)31(28)15-18-12-13-24(34-2)25(14-18)35-3/h4-14,29H,15-16H2,1-3H3. The summed E-state index contributed by atoms with van der Waals surface area (Å²) in [6.45, 7) is 2.18. The maximum Gasteiger partial charge on any atom is 0.262 e. The third-order valence-corrected chi connectivity index (χ3v) is 7.10. The number of hydrogen-bond donors (Lipinski definition) is 1. The number of ether oxygens (including phenoxy) is 2. The molecule has 182 valence electrons. The number of rotatable bonds is 8. The zero-order valence-corrected chi connectivity index (χ0v) is 21.0. The molecule has 5 rings (SSSR count). The van der Waals surface area contributed by atoms with Crippen LogP contribution < -0.4 is 15.0 Å². The van der Waals surface area contributed by atoms with Crippen molar-refractivity contribution < 1.29 is 14.3 Å². The number of hydrogen-bond acceptors (Lipinski definition) is 6. The molecule has 0 aliphatic carbocycles. The number of aromatic nitrogens is 3. The molecule has 0 unspecified atom stereocenters. The average molecular weight is 500 g/mol. The number of para-hydroxylation sites is 2. The minimum absolute atomic E-state index is 0.0185. The number of H-pyrrole nitrogens is 1. The summed E-state index contributed by atoms with van der Waals surface area (Å²) in [6, 6.07) is 20.5. The lowest BCUT2D eigenvalue weighted by molar-refractivity contribution is 0.102. The molecule has 0 atom stereocenters. The normalized spacial score (nSPS) is 11.2. The third-order valence-electron chi connectivity index (χ3n) is 6.12. The molecule has 0 saturated carbocycles. The molecule has 8 heteroatoms. The molecule has 0 spiro atoms. The van der Waals surface area contributed by atoms with Gasteiger partial charge in [-0.1, -0.05) is 48.2 Å². The van der Waals surface area contributed by atoms with Crippen LogP contribution in [0.15, 0.2) is 76.7 Å². The first-order valence-electron chi connectivity index (χ1n) is 11.4. The second kappa shape index (κ2) is 9.91. The molecular weight excluding hydrogens is 474 g/mol. The van der Waals surface area contributed by atoms with E-state index in [0.29, 0.717) is 33.1 Å². The van der Waals surface area contributed by atoms with Gasteiger partial charge in [-0.25, -0.2) is 4.98 Å². The van der Waals surface area contributed by atoms with Crippen molar-refractivity contribution in [3.05, 3.63) is 93.9 Å². The minimum Gasteiger partial charge on any atom is -0.493 e. The van der Waals surface area contributed by atoms with Crippen molar-refractivity contribution in [1.82, 2.24) is 14.5 Å². The van der Waals surface area contributed by atoms with E-state index in [1.807, 2.05) is 67.6 Å². The second-order valence-corrected chi connectivity index (χ2v) is 9.32. The Balaban J connectivity index is 1.51. The lowest BCUT2D eigenvalue weighted by Gasteiger charge is -2.14. The molecule has 0 aliphatic heterocycles. The Morgan fingerprint density at radius 3 is 2.47 bits per heavy atom. The van der Waals surface area contributed by atoms with Crippen LogP contribution in [0.2, 0.25) is 0 Å².